The third-order valence-corrected chi connectivity index (χ3v) is 4.97. The summed E-state index contributed by atoms with van der Waals surface area (Å²) in [5, 5.41) is 29.5. The maximum atomic E-state index is 12.5. The minimum atomic E-state index is -1.23. The van der Waals surface area contributed by atoms with Crippen LogP contribution in [0.25, 0.3) is 0 Å². The second-order valence-corrected chi connectivity index (χ2v) is 7.32. The molecule has 0 bridgehead atoms. The van der Waals surface area contributed by atoms with Crippen LogP contribution in [0.5, 0.6) is 0 Å². The van der Waals surface area contributed by atoms with E-state index < -0.39 is 54.0 Å². The number of rotatable bonds is 10. The van der Waals surface area contributed by atoms with E-state index in [1.54, 1.807) is 6.92 Å². The summed E-state index contributed by atoms with van der Waals surface area (Å²) in [6.07, 6.45) is 0.878. The molecule has 1 aliphatic heterocycles. The Bertz CT molecular complexity index is 576. The summed E-state index contributed by atoms with van der Waals surface area (Å²) in [5.74, 6) is -3.21. The minimum absolute atomic E-state index is 0.284. The lowest BCUT2D eigenvalue weighted by atomic mass is 9.99. The van der Waals surface area contributed by atoms with Gasteiger partial charge in [0.15, 0.2) is 0 Å². The molecule has 1 saturated heterocycles. The Labute approximate surface area is 164 Å². The van der Waals surface area contributed by atoms with Crippen LogP contribution >= 0.6 is 0 Å². The topological polar surface area (TPSA) is 157 Å². The van der Waals surface area contributed by atoms with E-state index in [0.717, 1.165) is 6.42 Å². The van der Waals surface area contributed by atoms with Crippen molar-refractivity contribution in [2.45, 2.75) is 77.2 Å². The predicted octanol–water partition coefficient (Wildman–Crippen LogP) is -1.28. The predicted molar refractivity (Wildman–Crippen MR) is 101 cm³/mol. The minimum Gasteiger partial charge on any atom is -0.480 e. The first-order valence-corrected chi connectivity index (χ1v) is 9.63. The molecule has 0 aliphatic carbocycles. The number of nitrogens with one attached hydrogen (secondary N) is 4. The van der Waals surface area contributed by atoms with Gasteiger partial charge < -0.3 is 31.5 Å². The van der Waals surface area contributed by atoms with Gasteiger partial charge in [0.05, 0.1) is 12.1 Å². The fourth-order valence-corrected chi connectivity index (χ4v) is 2.90. The zero-order valence-electron chi connectivity index (χ0n) is 16.8. The number of hydrogen-bond acceptors (Lipinski definition) is 6. The molecule has 0 radical (unpaired) electrons. The Kier molecular flexibility index (Phi) is 9.33. The van der Waals surface area contributed by atoms with Crippen molar-refractivity contribution in [1.82, 2.24) is 21.3 Å². The summed E-state index contributed by atoms with van der Waals surface area (Å²) in [6.45, 7) is 7.00. The number of carboxylic acids is 1. The molecule has 1 heterocycles. The molecule has 28 heavy (non-hydrogen) atoms. The normalized spacial score (nSPS) is 21.7. The van der Waals surface area contributed by atoms with E-state index in [4.69, 9.17) is 0 Å². The maximum absolute atomic E-state index is 12.5. The molecule has 0 aromatic rings. The molecule has 0 aromatic heterocycles. The molecule has 10 nitrogen and oxygen atoms in total. The molecule has 1 aliphatic rings. The number of aliphatic hydroxyl groups excluding tert-OH is 1. The largest absolute Gasteiger partial charge is 0.480 e. The van der Waals surface area contributed by atoms with Crippen LogP contribution in [0.4, 0.5) is 0 Å². The quantitative estimate of drug-likeness (QED) is 0.267. The van der Waals surface area contributed by atoms with Crippen molar-refractivity contribution in [3.8, 4) is 0 Å². The Morgan fingerprint density at radius 3 is 2.14 bits per heavy atom. The van der Waals surface area contributed by atoms with Crippen LogP contribution in [0.15, 0.2) is 0 Å². The average Bonchev–Trinajstić information content (AvgIpc) is 3.17. The average molecular weight is 400 g/mol. The van der Waals surface area contributed by atoms with Gasteiger partial charge in [0.2, 0.25) is 17.7 Å². The molecule has 6 N–H and O–H groups in total. The molecule has 6 unspecified atom stereocenters. The molecule has 1 fully saturated rings. The van der Waals surface area contributed by atoms with Gasteiger partial charge in [-0.2, -0.15) is 0 Å². The van der Waals surface area contributed by atoms with Gasteiger partial charge in [0.1, 0.15) is 18.1 Å². The molecular formula is C18H32N4O6. The third-order valence-electron chi connectivity index (χ3n) is 4.97. The fourth-order valence-electron chi connectivity index (χ4n) is 2.90. The summed E-state index contributed by atoms with van der Waals surface area (Å²) >= 11 is 0. The molecule has 1 rings (SSSR count). The van der Waals surface area contributed by atoms with Crippen molar-refractivity contribution in [1.29, 1.82) is 0 Å². The van der Waals surface area contributed by atoms with Crippen LogP contribution in [-0.2, 0) is 19.2 Å². The SMILES string of the molecule is CCC(C)C(NC(=O)C(C)NC(=O)C(NC(=O)C1CCCN1)C(C)O)C(=O)O. The van der Waals surface area contributed by atoms with E-state index in [9.17, 15) is 29.4 Å². The summed E-state index contributed by atoms with van der Waals surface area (Å²) in [4.78, 5) is 48.3. The van der Waals surface area contributed by atoms with Crippen LogP contribution in [0.2, 0.25) is 0 Å². The molecule has 160 valence electrons. The second kappa shape index (κ2) is 11.0. The Morgan fingerprint density at radius 2 is 1.68 bits per heavy atom. The number of aliphatic hydroxyl groups is 1. The standard InChI is InChI=1S/C18H32N4O6/c1-5-9(2)13(18(27)28)21-15(24)10(3)20-17(26)14(11(4)23)22-16(25)12-7-6-8-19-12/h9-14,19,23H,5-8H2,1-4H3,(H,20,26)(H,21,24)(H,22,25)(H,27,28). The number of carbonyl (C=O) groups is 4. The van der Waals surface area contributed by atoms with E-state index in [1.165, 1.54) is 13.8 Å². The first-order chi connectivity index (χ1) is 13.1. The van der Waals surface area contributed by atoms with Crippen molar-refractivity contribution >= 4 is 23.7 Å². The number of amides is 3. The Hall–Kier alpha value is -2.20. The zero-order chi connectivity index (χ0) is 21.4. The molecule has 0 aromatic carbocycles. The van der Waals surface area contributed by atoms with Crippen LogP contribution < -0.4 is 21.3 Å². The molecule has 6 atom stereocenters. The summed E-state index contributed by atoms with van der Waals surface area (Å²) < 4.78 is 0. The van der Waals surface area contributed by atoms with Crippen molar-refractivity contribution in [2.75, 3.05) is 6.54 Å². The Balaban J connectivity index is 2.68. The fraction of sp³-hybridized carbons (Fsp3) is 0.778. The summed E-state index contributed by atoms with van der Waals surface area (Å²) in [5.41, 5.74) is 0. The number of carboxylic acid groups (broad SMARTS) is 1. The number of aliphatic carboxylic acids is 1. The monoisotopic (exact) mass is 400 g/mol. The van der Waals surface area contributed by atoms with E-state index in [2.05, 4.69) is 21.3 Å². The van der Waals surface area contributed by atoms with Crippen molar-refractivity contribution in [3.05, 3.63) is 0 Å². The van der Waals surface area contributed by atoms with Gasteiger partial charge in [0.25, 0.3) is 0 Å². The summed E-state index contributed by atoms with van der Waals surface area (Å²) in [7, 11) is 0. The first-order valence-electron chi connectivity index (χ1n) is 9.63. The van der Waals surface area contributed by atoms with E-state index in [0.29, 0.717) is 19.4 Å². The van der Waals surface area contributed by atoms with E-state index in [1.807, 2.05) is 6.92 Å². The zero-order valence-corrected chi connectivity index (χ0v) is 16.8. The lowest BCUT2D eigenvalue weighted by Gasteiger charge is -2.26. The number of hydrogen-bond donors (Lipinski definition) is 6. The van der Waals surface area contributed by atoms with Crippen molar-refractivity contribution < 1.29 is 29.4 Å². The van der Waals surface area contributed by atoms with Gasteiger partial charge in [-0.25, -0.2) is 4.79 Å². The number of carbonyl (C=O) groups excluding carboxylic acids is 3. The van der Waals surface area contributed by atoms with Crippen LogP contribution in [0.3, 0.4) is 0 Å². The molecular weight excluding hydrogens is 368 g/mol. The van der Waals surface area contributed by atoms with Gasteiger partial charge in [0, 0.05) is 0 Å². The highest BCUT2D eigenvalue weighted by molar-refractivity contribution is 5.94. The third kappa shape index (κ3) is 6.75. The van der Waals surface area contributed by atoms with Gasteiger partial charge in [-0.05, 0) is 39.2 Å². The highest BCUT2D eigenvalue weighted by Crippen LogP contribution is 2.09. The van der Waals surface area contributed by atoms with Crippen molar-refractivity contribution in [2.24, 2.45) is 5.92 Å². The summed E-state index contributed by atoms with van der Waals surface area (Å²) in [6, 6.07) is -3.75. The van der Waals surface area contributed by atoms with E-state index in [-0.39, 0.29) is 5.92 Å². The van der Waals surface area contributed by atoms with Gasteiger partial charge in [-0.3, -0.25) is 14.4 Å². The first kappa shape index (κ1) is 23.8. The van der Waals surface area contributed by atoms with Crippen LogP contribution in [-0.4, -0.2) is 70.7 Å². The molecule has 10 heteroatoms. The van der Waals surface area contributed by atoms with E-state index >= 15 is 0 Å². The van der Waals surface area contributed by atoms with Crippen LogP contribution in [0, 0.1) is 5.92 Å². The lowest BCUT2D eigenvalue weighted by Crippen LogP contribution is -2.59. The smallest absolute Gasteiger partial charge is 0.326 e. The van der Waals surface area contributed by atoms with Crippen molar-refractivity contribution in [3.63, 3.8) is 0 Å². The molecule has 3 amide bonds. The highest BCUT2D eigenvalue weighted by Gasteiger charge is 2.32. The van der Waals surface area contributed by atoms with Crippen LogP contribution in [0.1, 0.15) is 47.0 Å². The highest BCUT2D eigenvalue weighted by atomic mass is 16.4. The van der Waals surface area contributed by atoms with Gasteiger partial charge >= 0.3 is 5.97 Å². The van der Waals surface area contributed by atoms with Gasteiger partial charge in [-0.1, -0.05) is 20.3 Å². The molecule has 0 saturated carbocycles. The maximum Gasteiger partial charge on any atom is 0.326 e. The second-order valence-electron chi connectivity index (χ2n) is 7.32. The lowest BCUT2D eigenvalue weighted by molar-refractivity contribution is -0.143. The van der Waals surface area contributed by atoms with Gasteiger partial charge in [-0.15, -0.1) is 0 Å². The Morgan fingerprint density at radius 1 is 1.04 bits per heavy atom. The molecule has 0 spiro atoms.